The summed E-state index contributed by atoms with van der Waals surface area (Å²) in [5.41, 5.74) is 2.47. The summed E-state index contributed by atoms with van der Waals surface area (Å²) in [6.45, 7) is 4.67. The summed E-state index contributed by atoms with van der Waals surface area (Å²) in [5.74, 6) is -0.304. The highest BCUT2D eigenvalue weighted by Crippen LogP contribution is 2.31. The summed E-state index contributed by atoms with van der Waals surface area (Å²) in [6, 6.07) is 6.37. The van der Waals surface area contributed by atoms with Gasteiger partial charge in [0.05, 0.1) is 6.04 Å². The molecule has 4 heteroatoms. The van der Waals surface area contributed by atoms with Crippen LogP contribution >= 0.6 is 11.6 Å². The third kappa shape index (κ3) is 2.94. The lowest BCUT2D eigenvalue weighted by Crippen LogP contribution is -2.24. The first-order valence-corrected chi connectivity index (χ1v) is 6.60. The van der Waals surface area contributed by atoms with Gasteiger partial charge in [-0.2, -0.15) is 0 Å². The molecule has 0 amide bonds. The fourth-order valence-electron chi connectivity index (χ4n) is 2.14. The van der Waals surface area contributed by atoms with E-state index in [1.165, 1.54) is 6.07 Å². The Kier molecular flexibility index (Phi) is 4.51. The van der Waals surface area contributed by atoms with Crippen molar-refractivity contribution in [1.82, 2.24) is 10.3 Å². The minimum atomic E-state index is -0.304. The first-order valence-electron chi connectivity index (χ1n) is 6.23. The van der Waals surface area contributed by atoms with E-state index in [-0.39, 0.29) is 11.9 Å². The zero-order chi connectivity index (χ0) is 13.8. The Bertz CT molecular complexity index is 552. The molecular weight excluding hydrogens is 263 g/mol. The van der Waals surface area contributed by atoms with Gasteiger partial charge in [0.25, 0.3) is 0 Å². The number of hydrogen-bond acceptors (Lipinski definition) is 2. The van der Waals surface area contributed by atoms with Crippen LogP contribution in [-0.4, -0.2) is 11.5 Å². The van der Waals surface area contributed by atoms with Gasteiger partial charge in [-0.15, -0.1) is 0 Å². The molecule has 2 rings (SSSR count). The topological polar surface area (TPSA) is 24.9 Å². The molecule has 0 fully saturated rings. The van der Waals surface area contributed by atoms with Gasteiger partial charge in [-0.1, -0.05) is 24.6 Å². The molecular formula is C15H16ClFN2. The minimum Gasteiger partial charge on any atom is -0.306 e. The number of rotatable bonds is 4. The normalized spacial score (nSPS) is 12.4. The molecule has 19 heavy (non-hydrogen) atoms. The number of aryl methyl sites for hydroxylation is 1. The van der Waals surface area contributed by atoms with E-state index >= 15 is 0 Å². The Morgan fingerprint density at radius 1 is 1.37 bits per heavy atom. The van der Waals surface area contributed by atoms with Gasteiger partial charge in [-0.3, -0.25) is 4.98 Å². The fraction of sp³-hybridized carbons (Fsp3) is 0.267. The van der Waals surface area contributed by atoms with Crippen molar-refractivity contribution in [1.29, 1.82) is 0 Å². The van der Waals surface area contributed by atoms with E-state index in [9.17, 15) is 4.39 Å². The van der Waals surface area contributed by atoms with Gasteiger partial charge in [0.2, 0.25) is 0 Å². The Labute approximate surface area is 117 Å². The number of benzene rings is 1. The Hall–Kier alpha value is -1.45. The van der Waals surface area contributed by atoms with Crippen LogP contribution in [0.25, 0.3) is 0 Å². The number of pyridine rings is 1. The largest absolute Gasteiger partial charge is 0.306 e. The Balaban J connectivity index is 2.55. The van der Waals surface area contributed by atoms with E-state index in [2.05, 4.69) is 10.3 Å². The smallest absolute Gasteiger partial charge is 0.129 e. The van der Waals surface area contributed by atoms with Crippen molar-refractivity contribution >= 4 is 11.6 Å². The van der Waals surface area contributed by atoms with E-state index in [1.807, 2.05) is 19.9 Å². The summed E-state index contributed by atoms with van der Waals surface area (Å²) < 4.78 is 14.1. The van der Waals surface area contributed by atoms with Crippen LogP contribution in [-0.2, 0) is 0 Å². The van der Waals surface area contributed by atoms with Crippen LogP contribution in [0.2, 0.25) is 5.02 Å². The molecule has 0 aliphatic heterocycles. The number of aromatic nitrogens is 1. The summed E-state index contributed by atoms with van der Waals surface area (Å²) in [7, 11) is 0. The van der Waals surface area contributed by atoms with Gasteiger partial charge in [0, 0.05) is 23.0 Å². The summed E-state index contributed by atoms with van der Waals surface area (Å²) in [5, 5.41) is 3.70. The highest BCUT2D eigenvalue weighted by molar-refractivity contribution is 6.31. The van der Waals surface area contributed by atoms with Gasteiger partial charge in [0.1, 0.15) is 5.82 Å². The van der Waals surface area contributed by atoms with E-state index in [4.69, 9.17) is 11.6 Å². The molecule has 100 valence electrons. The molecule has 0 aliphatic rings. The number of halogens is 2. The highest BCUT2D eigenvalue weighted by Gasteiger charge is 2.21. The van der Waals surface area contributed by atoms with Gasteiger partial charge < -0.3 is 5.32 Å². The molecule has 1 heterocycles. The van der Waals surface area contributed by atoms with Crippen molar-refractivity contribution in [2.45, 2.75) is 19.9 Å². The third-order valence-corrected chi connectivity index (χ3v) is 3.42. The zero-order valence-corrected chi connectivity index (χ0v) is 11.7. The van der Waals surface area contributed by atoms with Crippen LogP contribution in [0.4, 0.5) is 4.39 Å². The lowest BCUT2D eigenvalue weighted by atomic mass is 9.96. The van der Waals surface area contributed by atoms with Crippen molar-refractivity contribution in [2.24, 2.45) is 0 Å². The lowest BCUT2D eigenvalue weighted by Gasteiger charge is -2.22. The van der Waals surface area contributed by atoms with Crippen molar-refractivity contribution in [3.05, 3.63) is 64.2 Å². The van der Waals surface area contributed by atoms with Crippen molar-refractivity contribution in [3.8, 4) is 0 Å². The maximum absolute atomic E-state index is 14.1. The van der Waals surface area contributed by atoms with Crippen LogP contribution in [0.3, 0.4) is 0 Å². The van der Waals surface area contributed by atoms with Crippen LogP contribution in [0.1, 0.15) is 29.7 Å². The quantitative estimate of drug-likeness (QED) is 0.918. The van der Waals surface area contributed by atoms with Crippen molar-refractivity contribution < 1.29 is 4.39 Å². The van der Waals surface area contributed by atoms with Crippen molar-refractivity contribution in [3.63, 3.8) is 0 Å². The third-order valence-electron chi connectivity index (χ3n) is 3.09. The standard InChI is InChI=1S/C15H16ClFN2/c1-3-19-15(11-9-18-8-7-10(11)2)14-12(16)5-4-6-13(14)17/h4-9,15,19H,3H2,1-2H3. The molecule has 1 aromatic carbocycles. The van der Waals surface area contributed by atoms with Gasteiger partial charge in [0.15, 0.2) is 0 Å². The second kappa shape index (κ2) is 6.13. The van der Waals surface area contributed by atoms with Crippen LogP contribution in [0.5, 0.6) is 0 Å². The first-order chi connectivity index (χ1) is 9.15. The summed E-state index contributed by atoms with van der Waals surface area (Å²) in [6.07, 6.45) is 3.48. The molecule has 0 saturated heterocycles. The average molecular weight is 279 g/mol. The fourth-order valence-corrected chi connectivity index (χ4v) is 2.41. The number of nitrogens with one attached hydrogen (secondary N) is 1. The molecule has 1 N–H and O–H groups in total. The molecule has 0 bridgehead atoms. The lowest BCUT2D eigenvalue weighted by molar-refractivity contribution is 0.557. The minimum absolute atomic E-state index is 0.285. The van der Waals surface area contributed by atoms with Crippen LogP contribution in [0.15, 0.2) is 36.7 Å². The monoisotopic (exact) mass is 278 g/mol. The average Bonchev–Trinajstić information content (AvgIpc) is 2.38. The molecule has 1 aromatic heterocycles. The van der Waals surface area contributed by atoms with Crippen molar-refractivity contribution in [2.75, 3.05) is 6.54 Å². The van der Waals surface area contributed by atoms with Crippen LogP contribution < -0.4 is 5.32 Å². The molecule has 1 unspecified atom stereocenters. The Morgan fingerprint density at radius 2 is 2.16 bits per heavy atom. The predicted molar refractivity (Wildman–Crippen MR) is 75.9 cm³/mol. The van der Waals surface area contributed by atoms with Gasteiger partial charge in [-0.05, 0) is 42.8 Å². The number of hydrogen-bond donors (Lipinski definition) is 1. The summed E-state index contributed by atoms with van der Waals surface area (Å²) >= 11 is 6.16. The molecule has 1 atom stereocenters. The molecule has 0 saturated carbocycles. The first kappa shape index (κ1) is 14.0. The van der Waals surface area contributed by atoms with E-state index in [0.29, 0.717) is 17.1 Å². The van der Waals surface area contributed by atoms with E-state index in [1.54, 1.807) is 24.5 Å². The summed E-state index contributed by atoms with van der Waals surface area (Å²) in [4.78, 5) is 4.13. The second-order valence-corrected chi connectivity index (χ2v) is 4.77. The van der Waals surface area contributed by atoms with Gasteiger partial charge in [-0.25, -0.2) is 4.39 Å². The molecule has 2 aromatic rings. The molecule has 0 aliphatic carbocycles. The molecule has 2 nitrogen and oxygen atoms in total. The zero-order valence-electron chi connectivity index (χ0n) is 11.0. The maximum atomic E-state index is 14.1. The Morgan fingerprint density at radius 3 is 2.79 bits per heavy atom. The van der Waals surface area contributed by atoms with Gasteiger partial charge >= 0.3 is 0 Å². The SMILES string of the molecule is CCNC(c1cnccc1C)c1c(F)cccc1Cl. The predicted octanol–water partition coefficient (Wildman–Crippen LogP) is 3.88. The highest BCUT2D eigenvalue weighted by atomic mass is 35.5. The molecule has 0 spiro atoms. The van der Waals surface area contributed by atoms with E-state index in [0.717, 1.165) is 11.1 Å². The van der Waals surface area contributed by atoms with E-state index < -0.39 is 0 Å². The number of nitrogens with zero attached hydrogens (tertiary/aromatic N) is 1. The maximum Gasteiger partial charge on any atom is 0.129 e. The van der Waals surface area contributed by atoms with Crippen LogP contribution in [0, 0.1) is 12.7 Å². The second-order valence-electron chi connectivity index (χ2n) is 4.36. The molecule has 0 radical (unpaired) electrons.